The van der Waals surface area contributed by atoms with E-state index in [4.69, 9.17) is 33.9 Å². The van der Waals surface area contributed by atoms with Crippen molar-refractivity contribution < 1.29 is 143 Å². The number of hydrogen-bond acceptors (Lipinski definition) is 24. The summed E-state index contributed by atoms with van der Waals surface area (Å²) in [4.78, 5) is 32.5. The molecule has 4 aromatic carbocycles. The van der Waals surface area contributed by atoms with Crippen molar-refractivity contribution in [3.8, 4) is 23.6 Å². The third-order valence-corrected chi connectivity index (χ3v) is 14.5. The Kier molecular flexibility index (Phi) is 37.9. The van der Waals surface area contributed by atoms with Crippen LogP contribution in [-0.2, 0) is 18.9 Å². The molecule has 3 saturated carbocycles. The van der Waals surface area contributed by atoms with Crippen LogP contribution in [0.15, 0.2) is 155 Å². The summed E-state index contributed by atoms with van der Waals surface area (Å²) >= 11 is 2.50. The van der Waals surface area contributed by atoms with Crippen LogP contribution < -0.4 is 96.6 Å². The Morgan fingerprint density at radius 2 is 0.829 bits per heavy atom. The van der Waals surface area contributed by atoms with Crippen LogP contribution in [0, 0.1) is 69.2 Å². The molecule has 4 atom stereocenters. The van der Waals surface area contributed by atoms with Gasteiger partial charge in [0.1, 0.15) is 71.8 Å². The Hall–Kier alpha value is -5.85. The zero-order valence-corrected chi connectivity index (χ0v) is 67.2. The molecule has 3 fully saturated rings. The predicted octanol–water partition coefficient (Wildman–Crippen LogP) is 7.11. The van der Waals surface area contributed by atoms with Gasteiger partial charge < -0.3 is 68.6 Å². The zero-order chi connectivity index (χ0) is 72.5. The Bertz CT molecular complexity index is 4380. The summed E-state index contributed by atoms with van der Waals surface area (Å²) < 4.78 is 161. The number of nitrogens with zero attached hydrogens (tertiary/aromatic N) is 15. The average Bonchev–Trinajstić information content (AvgIpc) is 1.78. The fraction of sp³-hybridized carbons (Fsp3) is 0.299. The maximum absolute atomic E-state index is 14.2. The van der Waals surface area contributed by atoms with E-state index in [0.29, 0.717) is 34.9 Å². The van der Waals surface area contributed by atoms with Gasteiger partial charge in [0.2, 0.25) is 23.8 Å². The number of nitriles is 2. The van der Waals surface area contributed by atoms with Crippen LogP contribution >= 0.6 is 0 Å². The molecule has 0 saturated heterocycles. The first-order chi connectivity index (χ1) is 49.5. The third-order valence-electron chi connectivity index (χ3n) is 14.5. The second kappa shape index (κ2) is 45.2. The molecule has 9 aromatic rings. The molecule has 4 aliphatic rings. The number of hydrogen-bond donors (Lipinski definition) is 4. The molecule has 3 aliphatic carbocycles. The first-order valence-corrected chi connectivity index (χ1v) is 47.5. The minimum absolute atomic E-state index is 0. The number of alkyl halides is 2. The molecular formula is C67H61F10IK3N19O5. The van der Waals surface area contributed by atoms with E-state index in [-0.39, 0.29) is 174 Å². The van der Waals surface area contributed by atoms with Crippen molar-refractivity contribution in [1.29, 1.82) is 10.5 Å². The van der Waals surface area contributed by atoms with Crippen molar-refractivity contribution in [3.63, 3.8) is 0 Å². The third kappa shape index (κ3) is 28.6. The summed E-state index contributed by atoms with van der Waals surface area (Å²) in [5.41, 5.74) is 3.28. The van der Waals surface area contributed by atoms with Crippen LogP contribution in [0.1, 0.15) is 121 Å². The number of benzene rings is 4. The van der Waals surface area contributed by atoms with E-state index in [0.717, 1.165) is 80.5 Å². The van der Waals surface area contributed by atoms with Crippen LogP contribution in [0.5, 0.6) is 0 Å². The Labute approximate surface area is 700 Å². The molecule has 1 aliphatic heterocycles. The summed E-state index contributed by atoms with van der Waals surface area (Å²) in [7, 11) is 0. The van der Waals surface area contributed by atoms with Crippen LogP contribution in [0.2, 0.25) is 0 Å². The summed E-state index contributed by atoms with van der Waals surface area (Å²) in [6.07, 6.45) is 16.0. The second-order valence-electron chi connectivity index (χ2n) is 22.1. The summed E-state index contributed by atoms with van der Waals surface area (Å²) in [6.45, 7) is 4.47. The van der Waals surface area contributed by atoms with Crippen molar-refractivity contribution in [1.82, 2.24) is 50.1 Å². The van der Waals surface area contributed by atoms with Crippen LogP contribution in [0.4, 0.5) is 67.7 Å². The molecule has 4 unspecified atom stereocenters. The molecular weight excluding hydrogens is 1590 g/mol. The first kappa shape index (κ1) is 88.1. The van der Waals surface area contributed by atoms with Crippen molar-refractivity contribution in [2.45, 2.75) is 94.9 Å². The molecule has 6 heterocycles. The summed E-state index contributed by atoms with van der Waals surface area (Å²) in [6, 6.07) is 14.9. The second-order valence-corrected chi connectivity index (χ2v) is 22.1. The Balaban J connectivity index is 0.000000217. The molecule has 24 nitrogen and oxygen atoms in total. The number of rotatable bonds is 27. The van der Waals surface area contributed by atoms with E-state index < -0.39 is 83.0 Å². The number of halogens is 11. The van der Waals surface area contributed by atoms with E-state index >= 15 is 0 Å². The average molecular weight is 1650 g/mol. The van der Waals surface area contributed by atoms with Crippen LogP contribution in [0.3, 0.4) is 0 Å². The number of aromatic nitrogens is 10. The normalized spacial score (nSPS) is 14.1. The number of anilines is 4. The molecule has 13 rings (SSSR count). The monoisotopic (exact) mass is 1650 g/mol. The molecule has 0 amide bonds. The van der Waals surface area contributed by atoms with Crippen molar-refractivity contribution in [2.24, 2.45) is 15.4 Å². The van der Waals surface area contributed by atoms with Gasteiger partial charge in [0.15, 0.2) is 0 Å². The van der Waals surface area contributed by atoms with Crippen molar-refractivity contribution in [3.05, 3.63) is 227 Å². The summed E-state index contributed by atoms with van der Waals surface area (Å²) in [5, 5.41) is 47.3. The van der Waals surface area contributed by atoms with E-state index in [9.17, 15) is 43.9 Å². The molecule has 4 N–H and O–H groups in total. The molecule has 0 bridgehead atoms. The van der Waals surface area contributed by atoms with E-state index in [2.05, 4.69) is 93.4 Å². The quantitative estimate of drug-likeness (QED) is 0.0172. The topological polar surface area (TPSA) is 312 Å². The molecule has 0 radical (unpaired) electrons. The molecule has 0 spiro atoms. The maximum atomic E-state index is 14.2. The first-order valence-electron chi connectivity index (χ1n) is 31.5. The van der Waals surface area contributed by atoms with Gasteiger partial charge in [0.05, 0.1) is 116 Å². The standard InChI is InChI=1S/C18H15F4N5O2.C17H16F2N6O.C16H14F2N4O.C15H12F2N4O.CH4.HI.3K/c19-10-1-4-12(13(20)5-10)14(8-28-11-2-3-11)25-18-23-6-9(7-24-18)16-26-27-17(29-16)15(21)22;18-11-1-4-13(14(19)5-11)16(9-26-12-2-3-12)23-17-20-6-10(7-21-17)15-8-22-25-24-15;17-11-1-4-13(14(18)5-11)15(9-23-12-2-3-12)22-16-20-7-10(6-19)8-21-16;1-2-22-9-14(12-4-3-11(16)5-13(12)17)21-15-19-7-10(6-18)8-20-15;;;;;/h1,4-7,11,14-15H,2-3,8H2,(H,23,24,25);1,4-7,12,16H,2-3,8-9H2,(H,20,21,23);1,4-5,7-8,12,15H,2-3,9H2,(H,20,21,22);2-5,7-8,14H,1,9H2,(H,19,20,21);1H4;1H;;;/q;;;;;;;;+1/p-1. The molecule has 534 valence electrons. The minimum atomic E-state index is -2.88. The van der Waals surface area contributed by atoms with Crippen LogP contribution in [-0.4, -0.2) is 170 Å². The Morgan fingerprint density at radius 1 is 0.505 bits per heavy atom. The van der Waals surface area contributed by atoms with Gasteiger partial charge >= 0.3 is 121 Å². The van der Waals surface area contributed by atoms with E-state index in [1.165, 1.54) is 143 Å². The van der Waals surface area contributed by atoms with Gasteiger partial charge in [-0.1, -0.05) is 38.3 Å². The predicted molar refractivity (Wildman–Crippen MR) is 354 cm³/mol. The van der Waals surface area contributed by atoms with Gasteiger partial charge in [-0.25, -0.2) is 75.0 Å². The number of ether oxygens (including phenoxy) is 4. The molecule has 105 heavy (non-hydrogen) atoms. The van der Waals surface area contributed by atoms with Gasteiger partial charge in [-0.15, -0.1) is 15.3 Å². The van der Waals surface area contributed by atoms with Crippen LogP contribution in [0.25, 0.3) is 11.5 Å². The SMILES string of the molecule is C.C=COCC(Nc1ncc(C#N)cn1)c1ccc(F)cc1F.Fc1ccc(C(COC2CC2)Nc2ncc(-c3nnc(C(F)F)o3)cn2)c(F)c1.Fc1ccc(C(COC2CC2)Nc2ncc(C3=NN=NC3)cn2)c(F)c1.N#Cc1cnc(NC(COC2CC2)c2ccc(F)cc2F)nc1.[I-].[K+].[K][K]. The van der Waals surface area contributed by atoms with Crippen molar-refractivity contribution >= 4 is 92.7 Å². The van der Waals surface area contributed by atoms with E-state index in [1.54, 1.807) is 12.4 Å². The Morgan fingerprint density at radius 3 is 1.10 bits per heavy atom. The fourth-order valence-corrected chi connectivity index (χ4v) is 8.95. The van der Waals surface area contributed by atoms with Gasteiger partial charge in [0.25, 0.3) is 11.8 Å². The van der Waals surface area contributed by atoms with Gasteiger partial charge in [0, 0.05) is 76.9 Å². The molecule has 5 aromatic heterocycles. The zero-order valence-electron chi connectivity index (χ0n) is 55.6. The van der Waals surface area contributed by atoms with Gasteiger partial charge in [-0.05, 0) is 68.0 Å². The van der Waals surface area contributed by atoms with Crippen molar-refractivity contribution in [2.75, 3.05) is 54.2 Å². The van der Waals surface area contributed by atoms with Gasteiger partial charge in [-0.3, -0.25) is 0 Å². The van der Waals surface area contributed by atoms with Gasteiger partial charge in [-0.2, -0.15) is 24.4 Å². The fourth-order valence-electron chi connectivity index (χ4n) is 8.95. The summed E-state index contributed by atoms with van der Waals surface area (Å²) in [5.74, 6) is -5.39. The number of nitrogens with one attached hydrogen (secondary N) is 4. The van der Waals surface area contributed by atoms with E-state index in [1.807, 2.05) is 12.1 Å². The molecule has 38 heteroatoms.